The van der Waals surface area contributed by atoms with Crippen LogP contribution in [0.5, 0.6) is 0 Å². The van der Waals surface area contributed by atoms with Gasteiger partial charge in [0.1, 0.15) is 0 Å². The van der Waals surface area contributed by atoms with E-state index in [1.807, 2.05) is 18.2 Å². The molecule has 1 aliphatic carbocycles. The Kier molecular flexibility index (Phi) is 5.94. The SMILES string of the molecule is CC1CN(C(c2ccc(N)c(C3=CCCCC3)c2)S(=O)[O-])CC(C)N1. The minimum Gasteiger partial charge on any atom is -0.771 e. The molecule has 4 unspecified atom stereocenters. The number of piperazine rings is 1. The van der Waals surface area contributed by atoms with Crippen molar-refractivity contribution in [1.29, 1.82) is 0 Å². The van der Waals surface area contributed by atoms with Crippen LogP contribution < -0.4 is 11.1 Å². The number of nitrogens with one attached hydrogen (secondary N) is 1. The van der Waals surface area contributed by atoms with Crippen LogP contribution in [0.2, 0.25) is 0 Å². The fourth-order valence-corrected chi connectivity index (χ4v) is 4.88. The lowest BCUT2D eigenvalue weighted by atomic mass is 9.91. The Balaban J connectivity index is 1.94. The average Bonchev–Trinajstić information content (AvgIpc) is 2.56. The number of hydrogen-bond donors (Lipinski definition) is 2. The molecule has 0 bridgehead atoms. The van der Waals surface area contributed by atoms with E-state index in [0.29, 0.717) is 13.1 Å². The quantitative estimate of drug-likeness (QED) is 0.636. The fourth-order valence-electron chi connectivity index (χ4n) is 4.09. The van der Waals surface area contributed by atoms with Gasteiger partial charge in [-0.2, -0.15) is 0 Å². The highest BCUT2D eigenvalue weighted by atomic mass is 32.2. The van der Waals surface area contributed by atoms with E-state index in [4.69, 9.17) is 5.73 Å². The van der Waals surface area contributed by atoms with Gasteiger partial charge < -0.3 is 15.6 Å². The zero-order valence-electron chi connectivity index (χ0n) is 15.0. The van der Waals surface area contributed by atoms with Crippen LogP contribution in [-0.2, 0) is 11.1 Å². The van der Waals surface area contributed by atoms with Crippen molar-refractivity contribution in [2.45, 2.75) is 57.0 Å². The Hall–Kier alpha value is -1.21. The fraction of sp³-hybridized carbons (Fsp3) is 0.579. The van der Waals surface area contributed by atoms with Crippen molar-refractivity contribution in [3.8, 4) is 0 Å². The molecule has 1 aromatic carbocycles. The first-order valence-corrected chi connectivity index (χ1v) is 10.3. The van der Waals surface area contributed by atoms with E-state index in [-0.39, 0.29) is 12.1 Å². The van der Waals surface area contributed by atoms with Crippen LogP contribution in [0.15, 0.2) is 24.3 Å². The van der Waals surface area contributed by atoms with Crippen molar-refractivity contribution < 1.29 is 8.76 Å². The summed E-state index contributed by atoms with van der Waals surface area (Å²) < 4.78 is 24.2. The first kappa shape index (κ1) is 18.6. The molecule has 2 aliphatic rings. The van der Waals surface area contributed by atoms with E-state index >= 15 is 0 Å². The number of nitrogen functional groups attached to an aromatic ring is 1. The molecule has 1 fully saturated rings. The van der Waals surface area contributed by atoms with Gasteiger partial charge in [-0.1, -0.05) is 12.1 Å². The first-order chi connectivity index (χ1) is 12.0. The second-order valence-electron chi connectivity index (χ2n) is 7.36. The van der Waals surface area contributed by atoms with Crippen LogP contribution in [0, 0.1) is 0 Å². The summed E-state index contributed by atoms with van der Waals surface area (Å²) in [6.07, 6.45) is 6.71. The molecule has 25 heavy (non-hydrogen) atoms. The summed E-state index contributed by atoms with van der Waals surface area (Å²) in [4.78, 5) is 2.06. The highest BCUT2D eigenvalue weighted by Crippen LogP contribution is 2.34. The van der Waals surface area contributed by atoms with Gasteiger partial charge in [0.2, 0.25) is 0 Å². The number of nitrogens with two attached hydrogens (primary N) is 1. The second kappa shape index (κ2) is 7.99. The molecule has 0 amide bonds. The van der Waals surface area contributed by atoms with Crippen molar-refractivity contribution in [2.75, 3.05) is 18.8 Å². The molecule has 5 nitrogen and oxygen atoms in total. The maximum atomic E-state index is 12.1. The zero-order valence-corrected chi connectivity index (χ0v) is 15.8. The first-order valence-electron chi connectivity index (χ1n) is 9.12. The molecule has 1 aliphatic heterocycles. The van der Waals surface area contributed by atoms with Crippen molar-refractivity contribution in [2.24, 2.45) is 0 Å². The molecular formula is C19H28N3O2S-. The Labute approximate surface area is 153 Å². The molecule has 4 atom stereocenters. The minimum atomic E-state index is -2.21. The summed E-state index contributed by atoms with van der Waals surface area (Å²) in [5.74, 6) is 0. The number of rotatable bonds is 4. The van der Waals surface area contributed by atoms with Crippen molar-refractivity contribution in [1.82, 2.24) is 10.2 Å². The number of benzene rings is 1. The molecule has 6 heteroatoms. The van der Waals surface area contributed by atoms with Gasteiger partial charge in [0.25, 0.3) is 0 Å². The lowest BCUT2D eigenvalue weighted by Gasteiger charge is -2.41. The van der Waals surface area contributed by atoms with Gasteiger partial charge in [0.15, 0.2) is 0 Å². The van der Waals surface area contributed by atoms with Crippen LogP contribution in [0.1, 0.15) is 56.0 Å². The lowest BCUT2D eigenvalue weighted by Crippen LogP contribution is -2.55. The van der Waals surface area contributed by atoms with E-state index in [9.17, 15) is 8.76 Å². The maximum Gasteiger partial charge on any atom is 0.0983 e. The Morgan fingerprint density at radius 2 is 2.00 bits per heavy atom. The van der Waals surface area contributed by atoms with Crippen LogP contribution in [0.25, 0.3) is 5.57 Å². The van der Waals surface area contributed by atoms with Gasteiger partial charge in [0.05, 0.1) is 5.37 Å². The Morgan fingerprint density at radius 3 is 2.60 bits per heavy atom. The highest BCUT2D eigenvalue weighted by Gasteiger charge is 2.29. The minimum absolute atomic E-state index is 0.268. The number of hydrogen-bond acceptors (Lipinski definition) is 5. The molecule has 3 N–H and O–H groups in total. The molecule has 1 heterocycles. The van der Waals surface area contributed by atoms with Crippen LogP contribution in [0.3, 0.4) is 0 Å². The number of allylic oxidation sites excluding steroid dienone is 2. The van der Waals surface area contributed by atoms with Gasteiger partial charge in [-0.25, -0.2) is 0 Å². The average molecular weight is 363 g/mol. The highest BCUT2D eigenvalue weighted by molar-refractivity contribution is 7.79. The van der Waals surface area contributed by atoms with Gasteiger partial charge in [-0.3, -0.25) is 9.11 Å². The number of nitrogens with zero attached hydrogens (tertiary/aromatic N) is 1. The van der Waals surface area contributed by atoms with Gasteiger partial charge in [-0.05, 0) is 73.9 Å². The van der Waals surface area contributed by atoms with E-state index in [1.54, 1.807) is 0 Å². The molecule has 1 aromatic rings. The van der Waals surface area contributed by atoms with Gasteiger partial charge >= 0.3 is 0 Å². The molecule has 0 aromatic heterocycles. The monoisotopic (exact) mass is 362 g/mol. The van der Waals surface area contributed by atoms with E-state index in [1.165, 1.54) is 18.4 Å². The Morgan fingerprint density at radius 1 is 1.28 bits per heavy atom. The topological polar surface area (TPSA) is 81.4 Å². The second-order valence-corrected chi connectivity index (χ2v) is 8.32. The van der Waals surface area contributed by atoms with Gasteiger partial charge in [0, 0.05) is 36.4 Å². The third-order valence-corrected chi connectivity index (χ3v) is 6.03. The molecule has 0 radical (unpaired) electrons. The smallest absolute Gasteiger partial charge is 0.0983 e. The summed E-state index contributed by atoms with van der Waals surface area (Å²) in [7, 11) is 0. The molecule has 138 valence electrons. The van der Waals surface area contributed by atoms with Crippen molar-refractivity contribution in [3.05, 3.63) is 35.4 Å². The predicted molar refractivity (Wildman–Crippen MR) is 103 cm³/mol. The molecule has 3 rings (SSSR count). The summed E-state index contributed by atoms with van der Waals surface area (Å²) in [5.41, 5.74) is 10.00. The van der Waals surface area contributed by atoms with Crippen molar-refractivity contribution in [3.63, 3.8) is 0 Å². The van der Waals surface area contributed by atoms with Crippen molar-refractivity contribution >= 4 is 22.3 Å². The van der Waals surface area contributed by atoms with Crippen LogP contribution >= 0.6 is 0 Å². The largest absolute Gasteiger partial charge is 0.771 e. The number of anilines is 1. The third kappa shape index (κ3) is 4.31. The summed E-state index contributed by atoms with van der Waals surface area (Å²) in [5, 5.41) is 2.83. The Bertz CT molecular complexity index is 667. The third-order valence-electron chi connectivity index (χ3n) is 5.10. The molecule has 1 saturated heterocycles. The maximum absolute atomic E-state index is 12.1. The summed E-state index contributed by atoms with van der Waals surface area (Å²) in [6.45, 7) is 5.61. The van der Waals surface area contributed by atoms with Gasteiger partial charge in [-0.15, -0.1) is 0 Å². The van der Waals surface area contributed by atoms with E-state index in [0.717, 1.165) is 29.7 Å². The summed E-state index contributed by atoms with van der Waals surface area (Å²) >= 11 is -2.21. The molecule has 0 spiro atoms. The van der Waals surface area contributed by atoms with E-state index in [2.05, 4.69) is 30.1 Å². The zero-order chi connectivity index (χ0) is 18.0. The lowest BCUT2D eigenvalue weighted by molar-refractivity contribution is 0.156. The van der Waals surface area contributed by atoms with E-state index < -0.39 is 16.5 Å². The van der Waals surface area contributed by atoms with Crippen LogP contribution in [-0.4, -0.2) is 38.8 Å². The standard InChI is InChI=1S/C19H29N3O2S/c1-13-11-22(12-14(2)21-13)19(25(23)24)16-8-9-18(20)17(10-16)15-6-4-3-5-7-15/h6,8-10,13-14,19,21H,3-5,7,11-12,20H2,1-2H3,(H,23,24)/p-1. The molecule has 0 saturated carbocycles. The summed E-state index contributed by atoms with van der Waals surface area (Å²) in [6, 6.07) is 6.24. The predicted octanol–water partition coefficient (Wildman–Crippen LogP) is 2.79. The molecular weight excluding hydrogens is 334 g/mol. The normalized spacial score (nSPS) is 27.6. The van der Waals surface area contributed by atoms with Crippen LogP contribution in [0.4, 0.5) is 5.69 Å².